The summed E-state index contributed by atoms with van der Waals surface area (Å²) in [5.74, 6) is -0.131. The van der Waals surface area contributed by atoms with E-state index in [2.05, 4.69) is 10.3 Å². The van der Waals surface area contributed by atoms with Crippen molar-refractivity contribution < 1.29 is 9.13 Å². The third-order valence-electron chi connectivity index (χ3n) is 2.57. The Balaban J connectivity index is 2.06. The molecule has 2 rings (SSSR count). The number of aryl methyl sites for hydroxylation is 1. The molecule has 1 N–H and O–H groups in total. The van der Waals surface area contributed by atoms with E-state index in [0.717, 1.165) is 17.1 Å². The van der Waals surface area contributed by atoms with Crippen molar-refractivity contribution in [1.82, 2.24) is 4.98 Å². The van der Waals surface area contributed by atoms with Crippen molar-refractivity contribution >= 4 is 5.69 Å². The van der Waals surface area contributed by atoms with Gasteiger partial charge in [-0.2, -0.15) is 0 Å². The molecular weight excluding hydrogens is 231 g/mol. The number of halogens is 1. The van der Waals surface area contributed by atoms with E-state index in [1.54, 1.807) is 12.1 Å². The van der Waals surface area contributed by atoms with Crippen LogP contribution in [0.3, 0.4) is 0 Å². The van der Waals surface area contributed by atoms with Crippen LogP contribution in [0, 0.1) is 12.7 Å². The monoisotopic (exact) mass is 246 g/mol. The second-order valence-corrected chi connectivity index (χ2v) is 3.97. The summed E-state index contributed by atoms with van der Waals surface area (Å²) >= 11 is 0. The molecule has 0 saturated carbocycles. The number of methoxy groups -OCH3 is 1. The first kappa shape index (κ1) is 12.4. The van der Waals surface area contributed by atoms with Crippen molar-refractivity contribution in [3.05, 3.63) is 53.6 Å². The Kier molecular flexibility index (Phi) is 3.77. The lowest BCUT2D eigenvalue weighted by Gasteiger charge is -2.08. The molecule has 0 aliphatic heterocycles. The predicted molar refractivity (Wildman–Crippen MR) is 69.3 cm³/mol. The van der Waals surface area contributed by atoms with Gasteiger partial charge in [-0.25, -0.2) is 4.39 Å². The van der Waals surface area contributed by atoms with Crippen molar-refractivity contribution in [2.45, 2.75) is 13.5 Å². The second kappa shape index (κ2) is 5.49. The van der Waals surface area contributed by atoms with Crippen LogP contribution in [0.25, 0.3) is 0 Å². The smallest absolute Gasteiger partial charge is 0.165 e. The van der Waals surface area contributed by atoms with Gasteiger partial charge in [-0.05, 0) is 31.2 Å². The quantitative estimate of drug-likeness (QED) is 0.899. The van der Waals surface area contributed by atoms with Gasteiger partial charge in [0.2, 0.25) is 0 Å². The molecule has 0 aliphatic rings. The lowest BCUT2D eigenvalue weighted by molar-refractivity contribution is 0.387. The van der Waals surface area contributed by atoms with Crippen LogP contribution in [0.5, 0.6) is 5.75 Å². The summed E-state index contributed by atoms with van der Waals surface area (Å²) in [5, 5.41) is 3.18. The number of ether oxygens (including phenoxy) is 1. The van der Waals surface area contributed by atoms with Gasteiger partial charge in [0.15, 0.2) is 11.6 Å². The van der Waals surface area contributed by atoms with Gasteiger partial charge in [-0.3, -0.25) is 4.98 Å². The van der Waals surface area contributed by atoms with Crippen LogP contribution in [0.15, 0.2) is 36.4 Å². The molecule has 4 heteroatoms. The van der Waals surface area contributed by atoms with Gasteiger partial charge in [0.1, 0.15) is 0 Å². The molecule has 18 heavy (non-hydrogen) atoms. The van der Waals surface area contributed by atoms with Gasteiger partial charge in [0.05, 0.1) is 19.3 Å². The number of anilines is 1. The van der Waals surface area contributed by atoms with Crippen molar-refractivity contribution in [3.8, 4) is 5.75 Å². The molecule has 0 fully saturated rings. The largest absolute Gasteiger partial charge is 0.494 e. The maximum Gasteiger partial charge on any atom is 0.165 e. The van der Waals surface area contributed by atoms with Crippen LogP contribution < -0.4 is 10.1 Å². The number of hydrogen-bond donors (Lipinski definition) is 1. The highest BCUT2D eigenvalue weighted by molar-refractivity contribution is 5.49. The van der Waals surface area contributed by atoms with E-state index in [-0.39, 0.29) is 11.6 Å². The molecular formula is C14H15FN2O. The Labute approximate surface area is 106 Å². The minimum absolute atomic E-state index is 0.234. The topological polar surface area (TPSA) is 34.1 Å². The van der Waals surface area contributed by atoms with E-state index in [1.807, 2.05) is 25.1 Å². The fourth-order valence-corrected chi connectivity index (χ4v) is 1.66. The van der Waals surface area contributed by atoms with E-state index >= 15 is 0 Å². The van der Waals surface area contributed by atoms with Crippen LogP contribution in [0.4, 0.5) is 10.1 Å². The maximum atomic E-state index is 13.2. The summed E-state index contributed by atoms with van der Waals surface area (Å²) in [5.41, 5.74) is 2.72. The highest BCUT2D eigenvalue weighted by Crippen LogP contribution is 2.21. The SMILES string of the molecule is COc1cc(NCc2cccc(C)n2)ccc1F. The average Bonchev–Trinajstić information content (AvgIpc) is 2.38. The van der Waals surface area contributed by atoms with Crippen molar-refractivity contribution in [2.75, 3.05) is 12.4 Å². The molecule has 3 nitrogen and oxygen atoms in total. The van der Waals surface area contributed by atoms with Gasteiger partial charge in [0, 0.05) is 17.4 Å². The highest BCUT2D eigenvalue weighted by Gasteiger charge is 2.03. The molecule has 94 valence electrons. The van der Waals surface area contributed by atoms with Crippen molar-refractivity contribution in [1.29, 1.82) is 0 Å². The predicted octanol–water partition coefficient (Wildman–Crippen LogP) is 3.15. The van der Waals surface area contributed by atoms with E-state index in [0.29, 0.717) is 6.54 Å². The zero-order valence-electron chi connectivity index (χ0n) is 10.4. The standard InChI is InChI=1S/C14H15FN2O/c1-10-4-3-5-12(17-10)9-16-11-6-7-13(15)14(8-11)18-2/h3-8,16H,9H2,1-2H3. The molecule has 0 bridgehead atoms. The molecule has 0 spiro atoms. The summed E-state index contributed by atoms with van der Waals surface area (Å²) in [4.78, 5) is 4.38. The van der Waals surface area contributed by atoms with Crippen LogP contribution >= 0.6 is 0 Å². The Hall–Kier alpha value is -2.10. The average molecular weight is 246 g/mol. The molecule has 0 amide bonds. The zero-order valence-corrected chi connectivity index (χ0v) is 10.4. The molecule has 1 aromatic heterocycles. The van der Waals surface area contributed by atoms with Crippen LogP contribution in [0.2, 0.25) is 0 Å². The maximum absolute atomic E-state index is 13.2. The van der Waals surface area contributed by atoms with Gasteiger partial charge in [0.25, 0.3) is 0 Å². The number of benzene rings is 1. The summed E-state index contributed by atoms with van der Waals surface area (Å²) < 4.78 is 18.1. The van der Waals surface area contributed by atoms with E-state index in [1.165, 1.54) is 13.2 Å². The number of hydrogen-bond acceptors (Lipinski definition) is 3. The normalized spacial score (nSPS) is 10.2. The number of nitrogens with one attached hydrogen (secondary N) is 1. The summed E-state index contributed by atoms with van der Waals surface area (Å²) in [7, 11) is 1.45. The summed E-state index contributed by atoms with van der Waals surface area (Å²) in [6.45, 7) is 2.54. The minimum Gasteiger partial charge on any atom is -0.494 e. The lowest BCUT2D eigenvalue weighted by atomic mass is 10.2. The molecule has 0 saturated heterocycles. The highest BCUT2D eigenvalue weighted by atomic mass is 19.1. The number of nitrogens with zero attached hydrogens (tertiary/aromatic N) is 1. The number of pyridine rings is 1. The minimum atomic E-state index is -0.364. The van der Waals surface area contributed by atoms with Gasteiger partial charge in [-0.1, -0.05) is 6.07 Å². The van der Waals surface area contributed by atoms with Crippen LogP contribution in [-0.2, 0) is 6.54 Å². The molecule has 0 aliphatic carbocycles. The molecule has 0 radical (unpaired) electrons. The second-order valence-electron chi connectivity index (χ2n) is 3.97. The fourth-order valence-electron chi connectivity index (χ4n) is 1.66. The molecule has 0 atom stereocenters. The molecule has 1 aromatic carbocycles. The first-order chi connectivity index (χ1) is 8.69. The summed E-state index contributed by atoms with van der Waals surface area (Å²) in [6, 6.07) is 10.5. The number of aromatic nitrogens is 1. The molecule has 2 aromatic rings. The fraction of sp³-hybridized carbons (Fsp3) is 0.214. The van der Waals surface area contributed by atoms with Crippen molar-refractivity contribution in [2.24, 2.45) is 0 Å². The zero-order chi connectivity index (χ0) is 13.0. The van der Waals surface area contributed by atoms with Crippen LogP contribution in [0.1, 0.15) is 11.4 Å². The first-order valence-corrected chi connectivity index (χ1v) is 5.69. The van der Waals surface area contributed by atoms with Gasteiger partial charge >= 0.3 is 0 Å². The van der Waals surface area contributed by atoms with E-state index in [4.69, 9.17) is 4.74 Å². The van der Waals surface area contributed by atoms with Crippen LogP contribution in [-0.4, -0.2) is 12.1 Å². The van der Waals surface area contributed by atoms with Crippen molar-refractivity contribution in [3.63, 3.8) is 0 Å². The van der Waals surface area contributed by atoms with E-state index < -0.39 is 0 Å². The molecule has 0 unspecified atom stereocenters. The van der Waals surface area contributed by atoms with Gasteiger partial charge in [-0.15, -0.1) is 0 Å². The Bertz CT molecular complexity index is 543. The Morgan fingerprint density at radius 3 is 2.83 bits per heavy atom. The third-order valence-corrected chi connectivity index (χ3v) is 2.57. The Morgan fingerprint density at radius 2 is 2.11 bits per heavy atom. The first-order valence-electron chi connectivity index (χ1n) is 5.69. The number of rotatable bonds is 4. The van der Waals surface area contributed by atoms with Gasteiger partial charge < -0.3 is 10.1 Å². The third kappa shape index (κ3) is 2.97. The Morgan fingerprint density at radius 1 is 1.28 bits per heavy atom. The molecule has 1 heterocycles. The van der Waals surface area contributed by atoms with E-state index in [9.17, 15) is 4.39 Å². The summed E-state index contributed by atoms with van der Waals surface area (Å²) in [6.07, 6.45) is 0. The lowest BCUT2D eigenvalue weighted by Crippen LogP contribution is -2.02.